The number of aliphatic imine (C=N–C) groups is 1. The van der Waals surface area contributed by atoms with Crippen molar-refractivity contribution < 1.29 is 8.42 Å². The summed E-state index contributed by atoms with van der Waals surface area (Å²) >= 11 is 3.05. The molecule has 156 valence electrons. The Morgan fingerprint density at radius 1 is 1.14 bits per heavy atom. The summed E-state index contributed by atoms with van der Waals surface area (Å²) in [6.45, 7) is 4.01. The molecule has 0 aliphatic carbocycles. The van der Waals surface area contributed by atoms with E-state index in [-0.39, 0.29) is 24.0 Å². The summed E-state index contributed by atoms with van der Waals surface area (Å²) in [5.74, 6) is 1.66. The van der Waals surface area contributed by atoms with E-state index in [9.17, 15) is 8.42 Å². The van der Waals surface area contributed by atoms with Crippen molar-refractivity contribution in [3.05, 3.63) is 47.3 Å². The van der Waals surface area contributed by atoms with Crippen molar-refractivity contribution in [1.29, 1.82) is 0 Å². The molecule has 1 heterocycles. The van der Waals surface area contributed by atoms with E-state index in [0.29, 0.717) is 10.8 Å². The SMILES string of the molecule is CCNC(=NCc1ccc(S(=O)(=O)N(C)C)s1)NCCSc1ccccc1.I. The Kier molecular flexibility index (Phi) is 11.4. The average Bonchev–Trinajstić information content (AvgIpc) is 3.13. The van der Waals surface area contributed by atoms with Crippen LogP contribution in [0.5, 0.6) is 0 Å². The molecule has 1 aromatic heterocycles. The van der Waals surface area contributed by atoms with Crippen LogP contribution in [-0.2, 0) is 16.6 Å². The largest absolute Gasteiger partial charge is 0.357 e. The van der Waals surface area contributed by atoms with Crippen LogP contribution in [0, 0.1) is 0 Å². The van der Waals surface area contributed by atoms with Gasteiger partial charge in [-0.1, -0.05) is 18.2 Å². The van der Waals surface area contributed by atoms with Gasteiger partial charge in [0, 0.05) is 42.7 Å². The van der Waals surface area contributed by atoms with Crippen LogP contribution >= 0.6 is 47.1 Å². The number of nitrogens with zero attached hydrogens (tertiary/aromatic N) is 2. The number of nitrogens with one attached hydrogen (secondary N) is 2. The van der Waals surface area contributed by atoms with Crippen LogP contribution in [0.3, 0.4) is 0 Å². The van der Waals surface area contributed by atoms with Crippen molar-refractivity contribution in [3.63, 3.8) is 0 Å². The monoisotopic (exact) mass is 554 g/mol. The summed E-state index contributed by atoms with van der Waals surface area (Å²) < 4.78 is 25.9. The lowest BCUT2D eigenvalue weighted by atomic mass is 10.4. The van der Waals surface area contributed by atoms with Crippen molar-refractivity contribution in [3.8, 4) is 0 Å². The van der Waals surface area contributed by atoms with Crippen LogP contribution < -0.4 is 10.6 Å². The fourth-order valence-corrected chi connectivity index (χ4v) is 5.35. The van der Waals surface area contributed by atoms with Crippen molar-refractivity contribution in [2.24, 2.45) is 4.99 Å². The fraction of sp³-hybridized carbons (Fsp3) is 0.389. The average molecular weight is 555 g/mol. The number of halogens is 1. The first-order valence-corrected chi connectivity index (χ1v) is 11.9. The van der Waals surface area contributed by atoms with E-state index in [4.69, 9.17) is 0 Å². The lowest BCUT2D eigenvalue weighted by Gasteiger charge is -2.11. The third kappa shape index (κ3) is 7.90. The molecule has 1 aromatic carbocycles. The molecule has 2 N–H and O–H groups in total. The van der Waals surface area contributed by atoms with Gasteiger partial charge in [-0.2, -0.15) is 0 Å². The molecule has 0 atom stereocenters. The van der Waals surface area contributed by atoms with Crippen LogP contribution in [0.15, 0.2) is 56.6 Å². The highest BCUT2D eigenvalue weighted by atomic mass is 127. The molecule has 0 aliphatic rings. The molecule has 2 rings (SSSR count). The van der Waals surface area contributed by atoms with E-state index in [1.54, 1.807) is 17.8 Å². The predicted molar refractivity (Wildman–Crippen MR) is 131 cm³/mol. The molecule has 2 aromatic rings. The summed E-state index contributed by atoms with van der Waals surface area (Å²) in [7, 11) is -0.309. The van der Waals surface area contributed by atoms with Gasteiger partial charge in [-0.25, -0.2) is 17.7 Å². The predicted octanol–water partition coefficient (Wildman–Crippen LogP) is 3.46. The number of sulfonamides is 1. The quantitative estimate of drug-likeness (QED) is 0.163. The molecule has 0 spiro atoms. The van der Waals surface area contributed by atoms with Crippen LogP contribution in [0.1, 0.15) is 11.8 Å². The third-order valence-corrected chi connectivity index (χ3v) is 7.88. The second-order valence-electron chi connectivity index (χ2n) is 5.79. The standard InChI is InChI=1S/C18H26N4O2S3.HI/c1-4-19-18(20-12-13-25-15-8-6-5-7-9-15)21-14-16-10-11-17(26-16)27(23,24)22(2)3;/h5-11H,4,12-14H2,1-3H3,(H2,19,20,21);1H. The normalized spacial score (nSPS) is 11.9. The van der Waals surface area contributed by atoms with Crippen LogP contribution in [-0.4, -0.2) is 51.6 Å². The van der Waals surface area contributed by atoms with Gasteiger partial charge < -0.3 is 10.6 Å². The van der Waals surface area contributed by atoms with E-state index in [1.165, 1.54) is 34.6 Å². The number of hydrogen-bond donors (Lipinski definition) is 2. The van der Waals surface area contributed by atoms with E-state index in [1.807, 2.05) is 31.2 Å². The molecule has 0 radical (unpaired) electrons. The Hall–Kier alpha value is -0.820. The second kappa shape index (κ2) is 12.7. The summed E-state index contributed by atoms with van der Waals surface area (Å²) in [4.78, 5) is 6.71. The second-order valence-corrected chi connectivity index (χ2v) is 10.5. The van der Waals surface area contributed by atoms with Crippen molar-refractivity contribution in [1.82, 2.24) is 14.9 Å². The van der Waals surface area contributed by atoms with Crippen LogP contribution in [0.25, 0.3) is 0 Å². The molecule has 0 unspecified atom stereocenters. The highest BCUT2D eigenvalue weighted by Gasteiger charge is 2.19. The topological polar surface area (TPSA) is 73.8 Å². The van der Waals surface area contributed by atoms with Crippen LogP contribution in [0.2, 0.25) is 0 Å². The molecule has 0 saturated heterocycles. The lowest BCUT2D eigenvalue weighted by Crippen LogP contribution is -2.38. The van der Waals surface area contributed by atoms with Crippen LogP contribution in [0.4, 0.5) is 0 Å². The molecule has 0 bridgehead atoms. The Morgan fingerprint density at radius 3 is 2.50 bits per heavy atom. The number of thioether (sulfide) groups is 1. The van der Waals surface area contributed by atoms with Gasteiger partial charge in [0.05, 0.1) is 6.54 Å². The summed E-state index contributed by atoms with van der Waals surface area (Å²) in [6.07, 6.45) is 0. The third-order valence-electron chi connectivity index (χ3n) is 3.52. The molecule has 0 aliphatic heterocycles. The zero-order valence-corrected chi connectivity index (χ0v) is 21.0. The van der Waals surface area contributed by atoms with Gasteiger partial charge in [-0.15, -0.1) is 47.1 Å². The first-order chi connectivity index (χ1) is 12.9. The van der Waals surface area contributed by atoms with E-state index >= 15 is 0 Å². The van der Waals surface area contributed by atoms with Gasteiger partial charge >= 0.3 is 0 Å². The Bertz CT molecular complexity index is 840. The van der Waals surface area contributed by atoms with E-state index < -0.39 is 10.0 Å². The number of rotatable bonds is 9. The highest BCUT2D eigenvalue weighted by molar-refractivity contribution is 14.0. The maximum absolute atomic E-state index is 12.2. The molecular weight excluding hydrogens is 527 g/mol. The fourth-order valence-electron chi connectivity index (χ4n) is 2.12. The number of guanidine groups is 1. The van der Waals surface area contributed by atoms with Gasteiger partial charge in [-0.05, 0) is 31.2 Å². The minimum absolute atomic E-state index is 0. The minimum Gasteiger partial charge on any atom is -0.357 e. The van der Waals surface area contributed by atoms with Crippen molar-refractivity contribution in [2.45, 2.75) is 22.6 Å². The molecule has 0 saturated carbocycles. The van der Waals surface area contributed by atoms with Gasteiger partial charge in [0.25, 0.3) is 10.0 Å². The van der Waals surface area contributed by atoms with Gasteiger partial charge in [0.2, 0.25) is 0 Å². The molecule has 0 fully saturated rings. The molecule has 10 heteroatoms. The van der Waals surface area contributed by atoms with E-state index in [2.05, 4.69) is 27.8 Å². The molecular formula is C18H27IN4O2S3. The number of benzene rings is 1. The van der Waals surface area contributed by atoms with Crippen molar-refractivity contribution >= 4 is 63.1 Å². The maximum Gasteiger partial charge on any atom is 0.252 e. The van der Waals surface area contributed by atoms with Crippen molar-refractivity contribution in [2.75, 3.05) is 32.9 Å². The smallest absolute Gasteiger partial charge is 0.252 e. The summed E-state index contributed by atoms with van der Waals surface area (Å²) in [6, 6.07) is 13.7. The first kappa shape index (κ1) is 25.2. The Morgan fingerprint density at radius 2 is 1.86 bits per heavy atom. The van der Waals surface area contributed by atoms with Gasteiger partial charge in [-0.3, -0.25) is 0 Å². The highest BCUT2D eigenvalue weighted by Crippen LogP contribution is 2.24. The summed E-state index contributed by atoms with van der Waals surface area (Å²) in [5.41, 5.74) is 0. The minimum atomic E-state index is -3.38. The number of hydrogen-bond acceptors (Lipinski definition) is 5. The van der Waals surface area contributed by atoms with Gasteiger partial charge in [0.1, 0.15) is 4.21 Å². The zero-order valence-electron chi connectivity index (χ0n) is 16.2. The zero-order chi connectivity index (χ0) is 19.7. The Balaban J connectivity index is 0.00000392. The number of thiophene rings is 1. The Labute approximate surface area is 193 Å². The van der Waals surface area contributed by atoms with E-state index in [0.717, 1.165) is 29.7 Å². The molecule has 0 amide bonds. The molecule has 6 nitrogen and oxygen atoms in total. The molecule has 28 heavy (non-hydrogen) atoms. The maximum atomic E-state index is 12.2. The first-order valence-electron chi connectivity index (χ1n) is 8.64. The lowest BCUT2D eigenvalue weighted by molar-refractivity contribution is 0.523. The van der Waals surface area contributed by atoms with Gasteiger partial charge in [0.15, 0.2) is 5.96 Å². The summed E-state index contributed by atoms with van der Waals surface area (Å²) in [5, 5.41) is 6.53.